The Morgan fingerprint density at radius 2 is 2.19 bits per heavy atom. The Balaban J connectivity index is 1.88. The molecule has 1 fully saturated rings. The number of nitrogens with one attached hydrogen (secondary N) is 1. The number of anilines is 1. The van der Waals surface area contributed by atoms with Gasteiger partial charge in [-0.15, -0.1) is 0 Å². The van der Waals surface area contributed by atoms with E-state index in [-0.39, 0.29) is 5.56 Å². The van der Waals surface area contributed by atoms with Crippen LogP contribution in [0.2, 0.25) is 0 Å². The molecule has 0 atom stereocenters. The Morgan fingerprint density at radius 3 is 2.90 bits per heavy atom. The van der Waals surface area contributed by atoms with Crippen LogP contribution < -0.4 is 10.9 Å². The average Bonchev–Trinajstić information content (AvgIpc) is 2.52. The fourth-order valence-electron chi connectivity index (χ4n) is 2.10. The number of thioether (sulfide) groups is 1. The maximum absolute atomic E-state index is 12.1. The summed E-state index contributed by atoms with van der Waals surface area (Å²) in [6.07, 6.45) is 1.69. The molecule has 0 radical (unpaired) electrons. The molecule has 0 aromatic carbocycles. The van der Waals surface area contributed by atoms with E-state index >= 15 is 0 Å². The van der Waals surface area contributed by atoms with Crippen molar-refractivity contribution in [3.8, 4) is 0 Å². The van der Waals surface area contributed by atoms with Crippen LogP contribution in [0.15, 0.2) is 15.5 Å². The molecule has 6 nitrogen and oxygen atoms in total. The van der Waals surface area contributed by atoms with Crippen LogP contribution in [0.4, 0.5) is 5.69 Å². The summed E-state index contributed by atoms with van der Waals surface area (Å²) < 4.78 is 6.90. The van der Waals surface area contributed by atoms with Crippen LogP contribution in [-0.4, -0.2) is 66.1 Å². The van der Waals surface area contributed by atoms with Gasteiger partial charge >= 0.3 is 0 Å². The fraction of sp³-hybridized carbons (Fsp3) is 0.692. The van der Waals surface area contributed by atoms with Crippen LogP contribution in [-0.2, 0) is 11.3 Å². The van der Waals surface area contributed by atoms with Crippen molar-refractivity contribution >= 4 is 33.4 Å². The van der Waals surface area contributed by atoms with Crippen molar-refractivity contribution < 1.29 is 4.74 Å². The first-order valence-electron chi connectivity index (χ1n) is 7.01. The predicted octanol–water partition coefficient (Wildman–Crippen LogP) is 1.11. The van der Waals surface area contributed by atoms with E-state index in [1.807, 2.05) is 11.8 Å². The molecule has 2 heterocycles. The zero-order valence-corrected chi connectivity index (χ0v) is 14.6. The van der Waals surface area contributed by atoms with Gasteiger partial charge in [0.25, 0.3) is 5.56 Å². The van der Waals surface area contributed by atoms with Crippen molar-refractivity contribution in [3.63, 3.8) is 0 Å². The van der Waals surface area contributed by atoms with Gasteiger partial charge in [-0.3, -0.25) is 9.69 Å². The highest BCUT2D eigenvalue weighted by molar-refractivity contribution is 9.10. The third-order valence-electron chi connectivity index (χ3n) is 3.34. The molecule has 1 N–H and O–H groups in total. The van der Waals surface area contributed by atoms with Gasteiger partial charge in [0, 0.05) is 44.8 Å². The molecular formula is C13H21BrN4O2S. The number of aromatic nitrogens is 2. The molecule has 0 aliphatic carbocycles. The van der Waals surface area contributed by atoms with Crippen molar-refractivity contribution in [1.82, 2.24) is 14.7 Å². The van der Waals surface area contributed by atoms with Gasteiger partial charge in [0.05, 0.1) is 25.0 Å². The summed E-state index contributed by atoms with van der Waals surface area (Å²) >= 11 is 5.36. The molecule has 1 aliphatic heterocycles. The SMILES string of the molecule is COCCn1ncc(NCCN2CCSCC2)c(Br)c1=O. The van der Waals surface area contributed by atoms with E-state index in [0.29, 0.717) is 17.6 Å². The fourth-order valence-corrected chi connectivity index (χ4v) is 3.52. The molecule has 118 valence electrons. The molecular weight excluding hydrogens is 356 g/mol. The van der Waals surface area contributed by atoms with Crippen LogP contribution in [0.25, 0.3) is 0 Å². The van der Waals surface area contributed by atoms with Gasteiger partial charge in [0.1, 0.15) is 4.47 Å². The van der Waals surface area contributed by atoms with Crippen LogP contribution in [0.5, 0.6) is 0 Å². The molecule has 0 saturated carbocycles. The quantitative estimate of drug-likeness (QED) is 0.769. The van der Waals surface area contributed by atoms with Crippen LogP contribution in [0.3, 0.4) is 0 Å². The lowest BCUT2D eigenvalue weighted by molar-refractivity contribution is 0.181. The zero-order valence-electron chi connectivity index (χ0n) is 12.2. The number of halogens is 1. The topological polar surface area (TPSA) is 59.4 Å². The zero-order chi connectivity index (χ0) is 15.1. The lowest BCUT2D eigenvalue weighted by atomic mass is 10.4. The van der Waals surface area contributed by atoms with Crippen molar-refractivity contribution in [1.29, 1.82) is 0 Å². The maximum atomic E-state index is 12.1. The molecule has 0 unspecified atom stereocenters. The third-order valence-corrected chi connectivity index (χ3v) is 5.05. The second-order valence-electron chi connectivity index (χ2n) is 4.77. The van der Waals surface area contributed by atoms with E-state index in [1.165, 1.54) is 16.2 Å². The van der Waals surface area contributed by atoms with E-state index in [1.54, 1.807) is 13.3 Å². The summed E-state index contributed by atoms with van der Waals surface area (Å²) in [5.41, 5.74) is 0.617. The van der Waals surface area contributed by atoms with E-state index in [0.717, 1.165) is 31.9 Å². The van der Waals surface area contributed by atoms with Crippen molar-refractivity contribution in [2.75, 3.05) is 56.7 Å². The van der Waals surface area contributed by atoms with Crippen LogP contribution >= 0.6 is 27.7 Å². The van der Waals surface area contributed by atoms with Gasteiger partial charge in [-0.25, -0.2) is 4.68 Å². The van der Waals surface area contributed by atoms with Gasteiger partial charge < -0.3 is 10.1 Å². The second kappa shape index (κ2) is 8.77. The lowest BCUT2D eigenvalue weighted by Gasteiger charge is -2.26. The van der Waals surface area contributed by atoms with Crippen molar-refractivity contribution in [2.45, 2.75) is 6.54 Å². The van der Waals surface area contributed by atoms with Crippen LogP contribution in [0, 0.1) is 0 Å². The second-order valence-corrected chi connectivity index (χ2v) is 6.79. The van der Waals surface area contributed by atoms with Crippen molar-refractivity contribution in [3.05, 3.63) is 21.0 Å². The monoisotopic (exact) mass is 376 g/mol. The summed E-state index contributed by atoms with van der Waals surface area (Å²) in [5, 5.41) is 7.44. The normalized spacial score (nSPS) is 16.1. The summed E-state index contributed by atoms with van der Waals surface area (Å²) in [7, 11) is 1.61. The van der Waals surface area contributed by atoms with E-state index < -0.39 is 0 Å². The first-order chi connectivity index (χ1) is 10.2. The molecule has 21 heavy (non-hydrogen) atoms. The largest absolute Gasteiger partial charge is 0.383 e. The van der Waals surface area contributed by atoms with Gasteiger partial charge in [-0.05, 0) is 15.9 Å². The summed E-state index contributed by atoms with van der Waals surface area (Å²) in [4.78, 5) is 14.5. The van der Waals surface area contributed by atoms with E-state index in [2.05, 4.69) is 31.2 Å². The number of ether oxygens (including phenoxy) is 1. The van der Waals surface area contributed by atoms with Gasteiger partial charge in [-0.2, -0.15) is 16.9 Å². The molecule has 0 amide bonds. The molecule has 1 aromatic heterocycles. The molecule has 1 saturated heterocycles. The minimum absolute atomic E-state index is 0.133. The Morgan fingerprint density at radius 1 is 1.43 bits per heavy atom. The Bertz CT molecular complexity index is 505. The first-order valence-corrected chi connectivity index (χ1v) is 8.95. The van der Waals surface area contributed by atoms with E-state index in [4.69, 9.17) is 4.74 Å². The Kier molecular flexibility index (Phi) is 7.01. The Hall–Kier alpha value is -0.570. The molecule has 0 bridgehead atoms. The first kappa shape index (κ1) is 16.8. The molecule has 1 aromatic rings. The average molecular weight is 377 g/mol. The summed E-state index contributed by atoms with van der Waals surface area (Å²) in [6, 6.07) is 0. The minimum Gasteiger partial charge on any atom is -0.383 e. The van der Waals surface area contributed by atoms with Gasteiger partial charge in [-0.1, -0.05) is 0 Å². The van der Waals surface area contributed by atoms with Crippen LogP contribution in [0.1, 0.15) is 0 Å². The molecule has 0 spiro atoms. The highest BCUT2D eigenvalue weighted by Gasteiger charge is 2.11. The summed E-state index contributed by atoms with van der Waals surface area (Å²) in [5.74, 6) is 2.42. The molecule has 2 rings (SSSR count). The van der Waals surface area contributed by atoms with Gasteiger partial charge in [0.2, 0.25) is 0 Å². The highest BCUT2D eigenvalue weighted by Crippen LogP contribution is 2.16. The minimum atomic E-state index is -0.133. The van der Waals surface area contributed by atoms with E-state index in [9.17, 15) is 4.79 Å². The lowest BCUT2D eigenvalue weighted by Crippen LogP contribution is -2.36. The smallest absolute Gasteiger partial charge is 0.283 e. The number of hydrogen-bond acceptors (Lipinski definition) is 6. The van der Waals surface area contributed by atoms with Crippen molar-refractivity contribution in [2.24, 2.45) is 0 Å². The summed E-state index contributed by atoms with van der Waals surface area (Å²) in [6.45, 7) is 5.01. The molecule has 1 aliphatic rings. The maximum Gasteiger partial charge on any atom is 0.283 e. The highest BCUT2D eigenvalue weighted by atomic mass is 79.9. The number of methoxy groups -OCH3 is 1. The number of rotatable bonds is 7. The Labute approximate surface area is 137 Å². The van der Waals surface area contributed by atoms with Gasteiger partial charge in [0.15, 0.2) is 0 Å². The third kappa shape index (κ3) is 4.98. The predicted molar refractivity (Wildman–Crippen MR) is 90.3 cm³/mol. The number of nitrogens with zero attached hydrogens (tertiary/aromatic N) is 3. The molecule has 8 heteroatoms. The number of hydrogen-bond donors (Lipinski definition) is 1. The standard InChI is InChI=1S/C13H21BrN4O2S/c1-20-7-4-18-13(19)12(14)11(10-16-18)15-2-3-17-5-8-21-9-6-17/h10,15H,2-9H2,1H3.